The summed E-state index contributed by atoms with van der Waals surface area (Å²) in [5, 5.41) is 0.660. The van der Waals surface area contributed by atoms with Crippen LogP contribution in [0.15, 0.2) is 54.7 Å². The quantitative estimate of drug-likeness (QED) is 0.209. The van der Waals surface area contributed by atoms with Gasteiger partial charge in [0.15, 0.2) is 17.0 Å². The van der Waals surface area contributed by atoms with Crippen molar-refractivity contribution in [3.63, 3.8) is 0 Å². The van der Waals surface area contributed by atoms with E-state index in [4.69, 9.17) is 19.4 Å². The molecule has 0 bridgehead atoms. The van der Waals surface area contributed by atoms with E-state index in [1.165, 1.54) is 0 Å². The molecular weight excluding hydrogens is 456 g/mol. The number of ether oxygens (including phenoxy) is 2. The van der Waals surface area contributed by atoms with Crippen molar-refractivity contribution in [2.75, 3.05) is 6.61 Å². The number of hydrogen-bond acceptors (Lipinski definition) is 6. The van der Waals surface area contributed by atoms with Gasteiger partial charge in [0.05, 0.1) is 29.4 Å². The van der Waals surface area contributed by atoms with Gasteiger partial charge in [0.25, 0.3) is 0 Å². The van der Waals surface area contributed by atoms with E-state index in [2.05, 4.69) is 0 Å². The first-order chi connectivity index (χ1) is 17.5. The van der Waals surface area contributed by atoms with Gasteiger partial charge in [0.1, 0.15) is 11.2 Å². The van der Waals surface area contributed by atoms with E-state index in [0.717, 1.165) is 35.4 Å². The van der Waals surface area contributed by atoms with Crippen molar-refractivity contribution in [2.24, 2.45) is 0 Å². The Balaban J connectivity index is 1.68. The lowest BCUT2D eigenvalue weighted by Gasteiger charge is -2.09. The smallest absolute Gasteiger partial charge is 0.338 e. The van der Waals surface area contributed by atoms with Crippen LogP contribution in [0.5, 0.6) is 5.75 Å². The number of aromatic nitrogens is 4. The molecule has 0 unspecified atom stereocenters. The molecule has 0 atom stereocenters. The highest BCUT2D eigenvalue weighted by Crippen LogP contribution is 2.35. The summed E-state index contributed by atoms with van der Waals surface area (Å²) in [5.41, 5.74) is 4.36. The predicted molar refractivity (Wildman–Crippen MR) is 138 cm³/mol. The number of nitrogens with zero attached hydrogens (tertiary/aromatic N) is 4. The van der Waals surface area contributed by atoms with Gasteiger partial charge in [-0.1, -0.05) is 39.3 Å². The lowest BCUT2D eigenvalue weighted by Crippen LogP contribution is -2.07. The summed E-state index contributed by atoms with van der Waals surface area (Å²) >= 11 is 0. The molecule has 3 heterocycles. The van der Waals surface area contributed by atoms with Crippen molar-refractivity contribution < 1.29 is 19.1 Å². The topological polar surface area (TPSA) is 87.7 Å². The summed E-state index contributed by atoms with van der Waals surface area (Å²) in [5.74, 6) is 0.556. The molecule has 0 spiro atoms. The molecule has 0 saturated carbocycles. The van der Waals surface area contributed by atoms with E-state index in [1.54, 1.807) is 25.3 Å². The number of hydrogen-bond donors (Lipinski definition) is 0. The first-order valence-corrected chi connectivity index (χ1v) is 12.3. The highest BCUT2D eigenvalue weighted by atomic mass is 16.5. The number of unbranched alkanes of at least 4 members (excludes halogenated alkanes) is 1. The minimum Gasteiger partial charge on any atom is -0.462 e. The molecule has 0 aliphatic heterocycles. The second-order valence-electron chi connectivity index (χ2n) is 8.57. The summed E-state index contributed by atoms with van der Waals surface area (Å²) in [7, 11) is 0. The third-order valence-electron chi connectivity index (χ3n) is 6.16. The molecule has 0 N–H and O–H groups in total. The van der Waals surface area contributed by atoms with Gasteiger partial charge in [-0.3, -0.25) is 13.8 Å². The first kappa shape index (κ1) is 23.5. The number of imidazole rings is 1. The molecule has 5 aromatic rings. The van der Waals surface area contributed by atoms with Crippen LogP contribution in [0.3, 0.4) is 0 Å². The van der Waals surface area contributed by atoms with Crippen LogP contribution in [0.25, 0.3) is 33.4 Å². The number of fused-ring (bicyclic) bond motifs is 5. The van der Waals surface area contributed by atoms with Gasteiger partial charge in [-0.25, -0.2) is 14.8 Å². The van der Waals surface area contributed by atoms with E-state index in [1.807, 2.05) is 59.2 Å². The Kier molecular flexibility index (Phi) is 6.41. The molecule has 3 aromatic heterocycles. The Labute approximate surface area is 208 Å². The van der Waals surface area contributed by atoms with Crippen molar-refractivity contribution in [2.45, 2.75) is 46.5 Å². The van der Waals surface area contributed by atoms with Gasteiger partial charge < -0.3 is 9.47 Å². The zero-order valence-corrected chi connectivity index (χ0v) is 20.7. The zero-order chi connectivity index (χ0) is 25.2. The molecule has 0 amide bonds. The van der Waals surface area contributed by atoms with Crippen LogP contribution < -0.4 is 4.74 Å². The second kappa shape index (κ2) is 9.81. The molecule has 8 nitrogen and oxygen atoms in total. The van der Waals surface area contributed by atoms with Crippen molar-refractivity contribution in [3.05, 3.63) is 66.1 Å². The number of benzene rings is 2. The van der Waals surface area contributed by atoms with Gasteiger partial charge in [-0.2, -0.15) is 0 Å². The Hall–Kier alpha value is -4.20. The highest BCUT2D eigenvalue weighted by Gasteiger charge is 2.22. The molecule has 0 aliphatic carbocycles. The van der Waals surface area contributed by atoms with Crippen LogP contribution in [0.4, 0.5) is 0 Å². The average Bonchev–Trinajstić information content (AvgIpc) is 3.46. The zero-order valence-electron chi connectivity index (χ0n) is 20.7. The van der Waals surface area contributed by atoms with E-state index in [9.17, 15) is 9.59 Å². The van der Waals surface area contributed by atoms with E-state index < -0.39 is 0 Å². The Bertz CT molecular complexity index is 1580. The largest absolute Gasteiger partial charge is 0.462 e. The molecule has 0 saturated heterocycles. The van der Waals surface area contributed by atoms with Gasteiger partial charge in [-0.15, -0.1) is 0 Å². The maximum Gasteiger partial charge on any atom is 0.338 e. The van der Waals surface area contributed by atoms with Crippen LogP contribution in [0.2, 0.25) is 0 Å². The van der Waals surface area contributed by atoms with Crippen LogP contribution in [0.1, 0.15) is 56.2 Å². The van der Waals surface area contributed by atoms with Gasteiger partial charge in [0.2, 0.25) is 0 Å². The fraction of sp³-hybridized carbons (Fsp3) is 0.286. The molecular formula is C28H28N4O4. The van der Waals surface area contributed by atoms with Gasteiger partial charge in [0, 0.05) is 18.5 Å². The molecule has 0 fully saturated rings. The van der Waals surface area contributed by atoms with Crippen molar-refractivity contribution in [3.8, 4) is 11.4 Å². The Morgan fingerprint density at radius 2 is 1.72 bits per heavy atom. The summed E-state index contributed by atoms with van der Waals surface area (Å²) in [6.07, 6.45) is 4.49. The molecule has 36 heavy (non-hydrogen) atoms. The number of carbonyl (C=O) groups excluding carboxylic acids is 2. The number of aryl methyl sites for hydroxylation is 1. The summed E-state index contributed by atoms with van der Waals surface area (Å²) in [4.78, 5) is 34.5. The molecule has 184 valence electrons. The lowest BCUT2D eigenvalue weighted by molar-refractivity contribution is -0.133. The first-order valence-electron chi connectivity index (χ1n) is 12.3. The maximum absolute atomic E-state index is 12.3. The van der Waals surface area contributed by atoms with Crippen molar-refractivity contribution in [1.82, 2.24) is 18.9 Å². The van der Waals surface area contributed by atoms with E-state index >= 15 is 0 Å². The monoisotopic (exact) mass is 484 g/mol. The number of para-hydroxylation sites is 2. The number of carbonyl (C=O) groups is 2. The molecule has 0 radical (unpaired) electrons. The van der Waals surface area contributed by atoms with Gasteiger partial charge >= 0.3 is 11.9 Å². The molecule has 5 rings (SSSR count). The average molecular weight is 485 g/mol. The predicted octanol–water partition coefficient (Wildman–Crippen LogP) is 5.66. The molecule has 0 aliphatic rings. The standard InChI is InChI=1S/C28H28N4O4/c1-4-7-16-35-28(34)18-12-14-19(15-13-18)31-17-22(36-24(33)6-3)25-26(31)30-23(5-2)32-21-11-9-8-10-20(21)29-27(25)32/h8-15,17H,4-7,16H2,1-3H3. The number of esters is 2. The van der Waals surface area contributed by atoms with Crippen molar-refractivity contribution >= 4 is 39.7 Å². The lowest BCUT2D eigenvalue weighted by atomic mass is 10.2. The third kappa shape index (κ3) is 4.08. The Morgan fingerprint density at radius 3 is 2.44 bits per heavy atom. The molecule has 2 aromatic carbocycles. The third-order valence-corrected chi connectivity index (χ3v) is 6.16. The van der Waals surface area contributed by atoms with Crippen LogP contribution >= 0.6 is 0 Å². The van der Waals surface area contributed by atoms with Crippen LogP contribution in [-0.4, -0.2) is 37.5 Å². The fourth-order valence-corrected chi connectivity index (χ4v) is 4.28. The molecule has 8 heteroatoms. The minimum atomic E-state index is -0.345. The highest BCUT2D eigenvalue weighted by molar-refractivity contribution is 6.01. The van der Waals surface area contributed by atoms with Crippen LogP contribution in [0, 0.1) is 0 Å². The van der Waals surface area contributed by atoms with Gasteiger partial charge in [-0.05, 0) is 42.8 Å². The maximum atomic E-state index is 12.3. The van der Waals surface area contributed by atoms with Crippen molar-refractivity contribution in [1.29, 1.82) is 0 Å². The van der Waals surface area contributed by atoms with E-state index in [0.29, 0.717) is 41.0 Å². The summed E-state index contributed by atoms with van der Waals surface area (Å²) in [6.45, 7) is 6.26. The second-order valence-corrected chi connectivity index (χ2v) is 8.57. The SMILES string of the molecule is CCCCOC(=O)c1ccc(-n2cc(OC(=O)CC)c3c2nc(CC)n2c4ccccc4nc32)cc1. The van der Waals surface area contributed by atoms with E-state index in [-0.39, 0.29) is 18.4 Å². The summed E-state index contributed by atoms with van der Waals surface area (Å²) < 4.78 is 15.0. The Morgan fingerprint density at radius 1 is 0.944 bits per heavy atom. The minimum absolute atomic E-state index is 0.245. The normalized spacial score (nSPS) is 11.4. The summed E-state index contributed by atoms with van der Waals surface area (Å²) in [6, 6.07) is 15.0. The van der Waals surface area contributed by atoms with Crippen LogP contribution in [-0.2, 0) is 16.0 Å². The fourth-order valence-electron chi connectivity index (χ4n) is 4.28. The number of rotatable bonds is 8.